The van der Waals surface area contributed by atoms with Gasteiger partial charge in [-0.05, 0) is 26.3 Å². The fraction of sp³-hybridized carbons (Fsp3) is 0.900. The zero-order chi connectivity index (χ0) is 9.97. The van der Waals surface area contributed by atoms with E-state index in [0.717, 1.165) is 38.3 Å². The molecule has 0 aromatic heterocycles. The molecule has 1 N–H and O–H groups in total. The van der Waals surface area contributed by atoms with Crippen LogP contribution in [-0.4, -0.2) is 60.0 Å². The Balaban J connectivity index is 1.94. The first-order chi connectivity index (χ1) is 6.81. The van der Waals surface area contributed by atoms with Gasteiger partial charge < -0.3 is 10.1 Å². The van der Waals surface area contributed by atoms with Gasteiger partial charge in [-0.2, -0.15) is 0 Å². The minimum atomic E-state index is 0.425. The summed E-state index contributed by atoms with van der Waals surface area (Å²) in [6.07, 6.45) is 3.33. The summed E-state index contributed by atoms with van der Waals surface area (Å²) < 4.78 is 0. The predicted molar refractivity (Wildman–Crippen MR) is 55.9 cm³/mol. The highest BCUT2D eigenvalue weighted by molar-refractivity contribution is 5.90. The van der Waals surface area contributed by atoms with Gasteiger partial charge in [0.2, 0.25) is 0 Å². The first kappa shape index (κ1) is 9.93. The largest absolute Gasteiger partial charge is 0.411 e. The predicted octanol–water partition coefficient (Wildman–Crippen LogP) is 0.616. The normalized spacial score (nSPS) is 34.1. The Hall–Kier alpha value is -0.610. The Bertz CT molecular complexity index is 221. The van der Waals surface area contributed by atoms with Crippen LogP contribution in [0.2, 0.25) is 0 Å². The van der Waals surface area contributed by atoms with Crippen molar-refractivity contribution in [2.45, 2.75) is 25.3 Å². The lowest BCUT2D eigenvalue weighted by Gasteiger charge is -2.36. The highest BCUT2D eigenvalue weighted by Gasteiger charge is 2.30. The van der Waals surface area contributed by atoms with Gasteiger partial charge in [0.25, 0.3) is 0 Å². The highest BCUT2D eigenvalue weighted by atomic mass is 16.4. The van der Waals surface area contributed by atoms with Gasteiger partial charge in [0, 0.05) is 26.2 Å². The van der Waals surface area contributed by atoms with E-state index in [1.165, 1.54) is 12.8 Å². The fourth-order valence-electron chi connectivity index (χ4n) is 2.45. The molecule has 1 aliphatic heterocycles. The number of oxime groups is 1. The molecular weight excluding hydrogens is 178 g/mol. The summed E-state index contributed by atoms with van der Waals surface area (Å²) in [7, 11) is 2.16. The van der Waals surface area contributed by atoms with Gasteiger partial charge in [0.1, 0.15) is 0 Å². The first-order valence-corrected chi connectivity index (χ1v) is 5.44. The van der Waals surface area contributed by atoms with Crippen molar-refractivity contribution in [1.82, 2.24) is 9.80 Å². The van der Waals surface area contributed by atoms with Gasteiger partial charge in [0.05, 0.1) is 11.8 Å². The number of hydrogen-bond donors (Lipinski definition) is 1. The van der Waals surface area contributed by atoms with Crippen LogP contribution in [0.15, 0.2) is 5.16 Å². The van der Waals surface area contributed by atoms with Crippen molar-refractivity contribution >= 4 is 5.71 Å². The molecule has 4 heteroatoms. The molecule has 4 nitrogen and oxygen atoms in total. The Morgan fingerprint density at radius 3 is 2.64 bits per heavy atom. The summed E-state index contributed by atoms with van der Waals surface area (Å²) in [4.78, 5) is 4.81. The van der Waals surface area contributed by atoms with Crippen molar-refractivity contribution in [3.05, 3.63) is 0 Å². The first-order valence-electron chi connectivity index (χ1n) is 5.44. The Labute approximate surface area is 85.2 Å². The van der Waals surface area contributed by atoms with Crippen LogP contribution >= 0.6 is 0 Å². The van der Waals surface area contributed by atoms with Gasteiger partial charge in [-0.1, -0.05) is 5.16 Å². The van der Waals surface area contributed by atoms with Crippen LogP contribution in [0.1, 0.15) is 19.3 Å². The molecule has 0 radical (unpaired) electrons. The highest BCUT2D eigenvalue weighted by Crippen LogP contribution is 2.22. The fourth-order valence-corrected chi connectivity index (χ4v) is 2.45. The molecule has 2 fully saturated rings. The average molecular weight is 197 g/mol. The lowest BCUT2D eigenvalue weighted by Crippen LogP contribution is -2.50. The molecule has 0 aromatic rings. The molecule has 0 unspecified atom stereocenters. The summed E-state index contributed by atoms with van der Waals surface area (Å²) >= 11 is 0. The lowest BCUT2D eigenvalue weighted by molar-refractivity contribution is 0.135. The Kier molecular flexibility index (Phi) is 3.03. The summed E-state index contributed by atoms with van der Waals surface area (Å²) in [5, 5.41) is 12.3. The van der Waals surface area contributed by atoms with E-state index in [1.54, 1.807) is 0 Å². The number of likely N-dealkylation sites (N-methyl/N-ethyl adjacent to an activating group) is 1. The molecule has 0 bridgehead atoms. The van der Waals surface area contributed by atoms with Crippen molar-refractivity contribution in [3.8, 4) is 0 Å². The summed E-state index contributed by atoms with van der Waals surface area (Å²) in [5.74, 6) is 0. The van der Waals surface area contributed by atoms with Gasteiger partial charge in [0.15, 0.2) is 0 Å². The molecule has 1 aliphatic carbocycles. The van der Waals surface area contributed by atoms with Crippen LogP contribution < -0.4 is 0 Å². The van der Waals surface area contributed by atoms with E-state index in [-0.39, 0.29) is 0 Å². The van der Waals surface area contributed by atoms with Gasteiger partial charge in [-0.25, -0.2) is 0 Å². The summed E-state index contributed by atoms with van der Waals surface area (Å²) in [6.45, 7) is 4.49. The number of nitrogens with zero attached hydrogens (tertiary/aromatic N) is 3. The molecule has 1 atom stereocenters. The van der Waals surface area contributed by atoms with E-state index in [1.807, 2.05) is 0 Å². The van der Waals surface area contributed by atoms with Crippen LogP contribution in [0.4, 0.5) is 0 Å². The van der Waals surface area contributed by atoms with E-state index < -0.39 is 0 Å². The zero-order valence-corrected chi connectivity index (χ0v) is 8.82. The molecule has 2 rings (SSSR count). The van der Waals surface area contributed by atoms with E-state index in [9.17, 15) is 0 Å². The molecule has 14 heavy (non-hydrogen) atoms. The van der Waals surface area contributed by atoms with Gasteiger partial charge >= 0.3 is 0 Å². The summed E-state index contributed by atoms with van der Waals surface area (Å²) in [6, 6.07) is 0.425. The van der Waals surface area contributed by atoms with Crippen LogP contribution in [0.25, 0.3) is 0 Å². The van der Waals surface area contributed by atoms with Crippen molar-refractivity contribution in [3.63, 3.8) is 0 Å². The molecule has 80 valence electrons. The quantitative estimate of drug-likeness (QED) is 0.494. The molecule has 0 aromatic carbocycles. The second-order valence-electron chi connectivity index (χ2n) is 4.34. The second kappa shape index (κ2) is 4.28. The third kappa shape index (κ3) is 1.91. The van der Waals surface area contributed by atoms with Crippen molar-refractivity contribution in [2.75, 3.05) is 33.2 Å². The number of rotatable bonds is 1. The maximum atomic E-state index is 8.87. The zero-order valence-electron chi connectivity index (χ0n) is 8.82. The molecule has 0 spiro atoms. The topological polar surface area (TPSA) is 39.1 Å². The number of hydrogen-bond acceptors (Lipinski definition) is 4. The van der Waals surface area contributed by atoms with Crippen molar-refractivity contribution in [2.24, 2.45) is 5.16 Å². The molecule has 1 heterocycles. The SMILES string of the molecule is CN1CCN([C@@H]2CCC/C2=N\O)CC1. The maximum absolute atomic E-state index is 8.87. The molecule has 2 aliphatic rings. The van der Waals surface area contributed by atoms with Crippen LogP contribution in [0, 0.1) is 0 Å². The van der Waals surface area contributed by atoms with E-state index in [2.05, 4.69) is 22.0 Å². The van der Waals surface area contributed by atoms with Gasteiger partial charge in [-0.3, -0.25) is 4.90 Å². The van der Waals surface area contributed by atoms with Crippen LogP contribution in [0.3, 0.4) is 0 Å². The van der Waals surface area contributed by atoms with Crippen LogP contribution in [0.5, 0.6) is 0 Å². The molecule has 1 saturated carbocycles. The minimum absolute atomic E-state index is 0.425. The van der Waals surface area contributed by atoms with E-state index >= 15 is 0 Å². The number of piperazine rings is 1. The van der Waals surface area contributed by atoms with Crippen molar-refractivity contribution < 1.29 is 5.21 Å². The summed E-state index contributed by atoms with van der Waals surface area (Å²) in [5.41, 5.74) is 0.995. The van der Waals surface area contributed by atoms with E-state index in [4.69, 9.17) is 5.21 Å². The Morgan fingerprint density at radius 1 is 1.29 bits per heavy atom. The maximum Gasteiger partial charge on any atom is 0.0742 e. The van der Waals surface area contributed by atoms with Crippen molar-refractivity contribution in [1.29, 1.82) is 0 Å². The Morgan fingerprint density at radius 2 is 2.00 bits per heavy atom. The average Bonchev–Trinajstić information content (AvgIpc) is 2.67. The lowest BCUT2D eigenvalue weighted by atomic mass is 10.1. The smallest absolute Gasteiger partial charge is 0.0742 e. The molecular formula is C10H19N3O. The van der Waals surface area contributed by atoms with Gasteiger partial charge in [-0.15, -0.1) is 0 Å². The minimum Gasteiger partial charge on any atom is -0.411 e. The molecule has 0 amide bonds. The third-order valence-corrected chi connectivity index (χ3v) is 3.40. The van der Waals surface area contributed by atoms with Crippen LogP contribution in [-0.2, 0) is 0 Å². The second-order valence-corrected chi connectivity index (χ2v) is 4.34. The van der Waals surface area contributed by atoms with E-state index in [0.29, 0.717) is 6.04 Å². The molecule has 1 saturated heterocycles. The third-order valence-electron chi connectivity index (χ3n) is 3.40. The monoisotopic (exact) mass is 197 g/mol. The standard InChI is InChI=1S/C10H19N3O/c1-12-5-7-13(8-6-12)10-4-2-3-9(10)11-14/h10,14H,2-8H2,1H3/b11-9+/t10-/m1/s1.